The van der Waals surface area contributed by atoms with Crippen LogP contribution in [0.5, 0.6) is 0 Å². The van der Waals surface area contributed by atoms with Gasteiger partial charge in [-0.25, -0.2) is 4.98 Å². The Kier molecular flexibility index (Phi) is 5.35. The minimum absolute atomic E-state index is 0.0125. The molecular weight excluding hydrogens is 314 g/mol. The van der Waals surface area contributed by atoms with Crippen LogP contribution < -0.4 is 0 Å². The highest BCUT2D eigenvalue weighted by atomic mass is 16.5. The van der Waals surface area contributed by atoms with Gasteiger partial charge in [-0.05, 0) is 17.5 Å². The van der Waals surface area contributed by atoms with Crippen LogP contribution in [0, 0.1) is 5.41 Å². The van der Waals surface area contributed by atoms with E-state index < -0.39 is 0 Å². The van der Waals surface area contributed by atoms with Crippen LogP contribution in [-0.2, 0) is 4.74 Å². The van der Waals surface area contributed by atoms with E-state index in [1.54, 1.807) is 4.90 Å². The summed E-state index contributed by atoms with van der Waals surface area (Å²) >= 11 is 0. The normalized spacial score (nSPS) is 16.1. The molecule has 0 saturated carbocycles. The molecular formula is C20H27N3O2. The maximum absolute atomic E-state index is 12.8. The fourth-order valence-electron chi connectivity index (χ4n) is 3.51. The fourth-order valence-corrected chi connectivity index (χ4v) is 3.51. The van der Waals surface area contributed by atoms with Crippen molar-refractivity contribution in [2.75, 3.05) is 46.4 Å². The number of para-hydroxylation sites is 1. The molecule has 0 N–H and O–H groups in total. The lowest BCUT2D eigenvalue weighted by atomic mass is 9.91. The molecule has 0 aliphatic carbocycles. The van der Waals surface area contributed by atoms with Gasteiger partial charge in [0.05, 0.1) is 18.7 Å². The molecule has 0 unspecified atom stereocenters. The maximum Gasteiger partial charge on any atom is 0.272 e. The second-order valence-corrected chi connectivity index (χ2v) is 7.60. The highest BCUT2D eigenvalue weighted by molar-refractivity contribution is 5.94. The molecule has 0 radical (unpaired) electrons. The van der Waals surface area contributed by atoms with Gasteiger partial charge in [-0.2, -0.15) is 0 Å². The van der Waals surface area contributed by atoms with Crippen LogP contribution in [0.15, 0.2) is 36.4 Å². The fraction of sp³-hybridized carbons (Fsp3) is 0.500. The largest absolute Gasteiger partial charge is 0.379 e. The molecule has 1 aliphatic heterocycles. The molecule has 25 heavy (non-hydrogen) atoms. The van der Waals surface area contributed by atoms with Gasteiger partial charge in [0.2, 0.25) is 0 Å². The molecule has 1 aromatic carbocycles. The van der Waals surface area contributed by atoms with Crippen molar-refractivity contribution in [3.8, 4) is 0 Å². The molecule has 5 heteroatoms. The van der Waals surface area contributed by atoms with Crippen LogP contribution in [0.1, 0.15) is 24.3 Å². The number of hydrogen-bond acceptors (Lipinski definition) is 4. The molecule has 3 rings (SSSR count). The number of fused-ring (bicyclic) bond motifs is 1. The number of hydrogen-bond donors (Lipinski definition) is 0. The number of rotatable bonds is 5. The van der Waals surface area contributed by atoms with E-state index in [1.807, 2.05) is 43.4 Å². The first-order valence-corrected chi connectivity index (χ1v) is 8.86. The molecule has 2 aromatic rings. The van der Waals surface area contributed by atoms with Crippen molar-refractivity contribution in [3.63, 3.8) is 0 Å². The van der Waals surface area contributed by atoms with E-state index in [1.165, 1.54) is 0 Å². The highest BCUT2D eigenvalue weighted by Gasteiger charge is 2.27. The van der Waals surface area contributed by atoms with Crippen LogP contribution >= 0.6 is 0 Å². The second-order valence-electron chi connectivity index (χ2n) is 7.60. The van der Waals surface area contributed by atoms with Crippen molar-refractivity contribution in [1.29, 1.82) is 0 Å². The van der Waals surface area contributed by atoms with E-state index in [0.29, 0.717) is 12.2 Å². The predicted octanol–water partition coefficient (Wildman–Crippen LogP) is 2.67. The van der Waals surface area contributed by atoms with Crippen LogP contribution in [-0.4, -0.2) is 67.1 Å². The Morgan fingerprint density at radius 2 is 1.92 bits per heavy atom. The summed E-state index contributed by atoms with van der Waals surface area (Å²) in [5, 5.41) is 1.05. The van der Waals surface area contributed by atoms with Crippen LogP contribution in [0.4, 0.5) is 0 Å². The summed E-state index contributed by atoms with van der Waals surface area (Å²) < 4.78 is 5.41. The number of morpholine rings is 1. The van der Waals surface area contributed by atoms with Gasteiger partial charge in [0, 0.05) is 38.6 Å². The van der Waals surface area contributed by atoms with Gasteiger partial charge >= 0.3 is 0 Å². The van der Waals surface area contributed by atoms with E-state index >= 15 is 0 Å². The summed E-state index contributed by atoms with van der Waals surface area (Å²) in [6.07, 6.45) is 0. The molecule has 134 valence electrons. The number of carbonyl (C=O) groups is 1. The summed E-state index contributed by atoms with van der Waals surface area (Å²) in [5.41, 5.74) is 1.37. The quantitative estimate of drug-likeness (QED) is 0.839. The number of pyridine rings is 1. The Balaban J connectivity index is 1.66. The van der Waals surface area contributed by atoms with Gasteiger partial charge in [-0.3, -0.25) is 9.69 Å². The lowest BCUT2D eigenvalue weighted by Gasteiger charge is -2.37. The number of carbonyl (C=O) groups excluding carboxylic acids is 1. The third-order valence-corrected chi connectivity index (χ3v) is 4.58. The Bertz CT molecular complexity index is 739. The monoisotopic (exact) mass is 341 g/mol. The average Bonchev–Trinajstić information content (AvgIpc) is 2.60. The molecule has 1 saturated heterocycles. The first-order valence-electron chi connectivity index (χ1n) is 8.86. The van der Waals surface area contributed by atoms with Crippen molar-refractivity contribution in [3.05, 3.63) is 42.1 Å². The van der Waals surface area contributed by atoms with Crippen molar-refractivity contribution in [1.82, 2.24) is 14.8 Å². The van der Waals surface area contributed by atoms with Gasteiger partial charge in [0.15, 0.2) is 0 Å². The SMILES string of the molecule is CN(CC(C)(C)CN1CCOCC1)C(=O)c1ccc2ccccc2n1. The predicted molar refractivity (Wildman–Crippen MR) is 99.7 cm³/mol. The lowest BCUT2D eigenvalue weighted by molar-refractivity contribution is 0.0162. The topological polar surface area (TPSA) is 45.7 Å². The van der Waals surface area contributed by atoms with Crippen molar-refractivity contribution in [2.45, 2.75) is 13.8 Å². The van der Waals surface area contributed by atoms with Gasteiger partial charge in [0.25, 0.3) is 5.91 Å². The van der Waals surface area contributed by atoms with Gasteiger partial charge in [-0.15, -0.1) is 0 Å². The van der Waals surface area contributed by atoms with Gasteiger partial charge < -0.3 is 9.64 Å². The summed E-state index contributed by atoms with van der Waals surface area (Å²) in [6.45, 7) is 9.59. The molecule has 1 amide bonds. The lowest BCUT2D eigenvalue weighted by Crippen LogP contribution is -2.46. The smallest absolute Gasteiger partial charge is 0.272 e. The summed E-state index contributed by atoms with van der Waals surface area (Å²) in [4.78, 5) is 21.5. The van der Waals surface area contributed by atoms with E-state index in [9.17, 15) is 4.79 Å². The van der Waals surface area contributed by atoms with E-state index in [2.05, 4.69) is 23.7 Å². The first-order chi connectivity index (χ1) is 11.9. The molecule has 0 spiro atoms. The van der Waals surface area contributed by atoms with E-state index in [4.69, 9.17) is 4.74 Å². The minimum atomic E-state index is -0.0270. The van der Waals surface area contributed by atoms with Crippen molar-refractivity contribution < 1.29 is 9.53 Å². The van der Waals surface area contributed by atoms with Crippen LogP contribution in [0.3, 0.4) is 0 Å². The number of amides is 1. The summed E-state index contributed by atoms with van der Waals surface area (Å²) in [5.74, 6) is -0.0270. The third kappa shape index (κ3) is 4.55. The molecule has 1 aromatic heterocycles. The number of ether oxygens (including phenoxy) is 1. The van der Waals surface area contributed by atoms with E-state index in [-0.39, 0.29) is 11.3 Å². The highest BCUT2D eigenvalue weighted by Crippen LogP contribution is 2.20. The molecule has 1 aliphatic rings. The molecule has 0 bridgehead atoms. The maximum atomic E-state index is 12.8. The zero-order chi connectivity index (χ0) is 17.9. The van der Waals surface area contributed by atoms with Gasteiger partial charge in [-0.1, -0.05) is 38.1 Å². The third-order valence-electron chi connectivity index (χ3n) is 4.58. The average molecular weight is 341 g/mol. The van der Waals surface area contributed by atoms with Crippen LogP contribution in [0.25, 0.3) is 10.9 Å². The van der Waals surface area contributed by atoms with Crippen molar-refractivity contribution in [2.24, 2.45) is 5.41 Å². The summed E-state index contributed by atoms with van der Waals surface area (Å²) in [7, 11) is 1.86. The minimum Gasteiger partial charge on any atom is -0.379 e. The Labute approximate surface area is 149 Å². The second kappa shape index (κ2) is 7.50. The zero-order valence-electron chi connectivity index (χ0n) is 15.4. The molecule has 0 atom stereocenters. The molecule has 2 heterocycles. The van der Waals surface area contributed by atoms with Crippen molar-refractivity contribution >= 4 is 16.8 Å². The Morgan fingerprint density at radius 1 is 1.20 bits per heavy atom. The Hall–Kier alpha value is -1.98. The number of nitrogens with zero attached hydrogens (tertiary/aromatic N) is 3. The summed E-state index contributed by atoms with van der Waals surface area (Å²) in [6, 6.07) is 11.6. The Morgan fingerprint density at radius 3 is 2.68 bits per heavy atom. The number of aromatic nitrogens is 1. The van der Waals surface area contributed by atoms with Crippen LogP contribution in [0.2, 0.25) is 0 Å². The first kappa shape index (κ1) is 17.8. The molecule has 1 fully saturated rings. The van der Waals surface area contributed by atoms with Gasteiger partial charge in [0.1, 0.15) is 5.69 Å². The standard InChI is InChI=1S/C20H27N3O2/c1-20(2,15-23-10-12-25-13-11-23)14-22(3)19(24)18-9-8-16-6-4-5-7-17(16)21-18/h4-9H,10-15H2,1-3H3. The van der Waals surface area contributed by atoms with E-state index in [0.717, 1.165) is 43.8 Å². The number of benzene rings is 1. The zero-order valence-corrected chi connectivity index (χ0v) is 15.4. The molecule has 5 nitrogen and oxygen atoms in total.